The van der Waals surface area contributed by atoms with Crippen molar-refractivity contribution in [2.75, 3.05) is 0 Å². The van der Waals surface area contributed by atoms with E-state index in [1.54, 1.807) is 12.1 Å². The van der Waals surface area contributed by atoms with Crippen LogP contribution in [-0.2, 0) is 4.79 Å². The van der Waals surface area contributed by atoms with Crippen molar-refractivity contribution in [1.29, 1.82) is 0 Å². The summed E-state index contributed by atoms with van der Waals surface area (Å²) in [5.41, 5.74) is 1.16. The topological polar surface area (TPSA) is 46.5 Å². The van der Waals surface area contributed by atoms with E-state index in [0.29, 0.717) is 5.02 Å². The van der Waals surface area contributed by atoms with Gasteiger partial charge in [0.1, 0.15) is 0 Å². The molecule has 0 aliphatic carbocycles. The van der Waals surface area contributed by atoms with Gasteiger partial charge in [-0.2, -0.15) is 0 Å². The Hall–Kier alpha value is -1.44. The van der Waals surface area contributed by atoms with Crippen LogP contribution >= 0.6 is 11.6 Å². The molecule has 0 bridgehead atoms. The molecule has 1 amide bonds. The normalized spacial score (nSPS) is 9.08. The van der Waals surface area contributed by atoms with E-state index in [4.69, 9.17) is 11.6 Å². The summed E-state index contributed by atoms with van der Waals surface area (Å²) < 4.78 is 0. The predicted octanol–water partition coefficient (Wildman–Crippen LogP) is 2.12. The number of halogens is 1. The number of carbonyl (C=O) groups is 1. The highest BCUT2D eigenvalue weighted by Gasteiger charge is 2.08. The van der Waals surface area contributed by atoms with Crippen molar-refractivity contribution in [2.45, 2.75) is 6.92 Å². The number of rotatable bonds is 1. The molecule has 3 nitrogen and oxygen atoms in total. The molecule has 13 heavy (non-hydrogen) atoms. The molecule has 1 aromatic carbocycles. The van der Waals surface area contributed by atoms with Crippen molar-refractivity contribution in [3.05, 3.63) is 34.3 Å². The van der Waals surface area contributed by atoms with Crippen LogP contribution in [0.1, 0.15) is 15.9 Å². The number of benzene rings is 1. The highest BCUT2D eigenvalue weighted by Crippen LogP contribution is 2.18. The summed E-state index contributed by atoms with van der Waals surface area (Å²) in [5.74, 6) is -0.667. The van der Waals surface area contributed by atoms with Gasteiger partial charge < -0.3 is 0 Å². The summed E-state index contributed by atoms with van der Waals surface area (Å²) in [4.78, 5) is 23.8. The fourth-order valence-electron chi connectivity index (χ4n) is 0.895. The second kappa shape index (κ2) is 3.99. The van der Waals surface area contributed by atoms with Crippen LogP contribution < -0.4 is 0 Å². The number of aryl methyl sites for hydroxylation is 1. The average molecular weight is 196 g/mol. The third-order valence-electron chi connectivity index (χ3n) is 1.50. The molecule has 1 rings (SSSR count). The molecule has 66 valence electrons. The maximum atomic E-state index is 11.1. The Morgan fingerprint density at radius 1 is 1.54 bits per heavy atom. The SMILES string of the molecule is Cc1ccc(C(=O)N=C=O)c(Cl)c1. The second-order valence-corrected chi connectivity index (χ2v) is 2.90. The molecular formula is C9H6ClNO2. The highest BCUT2D eigenvalue weighted by molar-refractivity contribution is 6.34. The lowest BCUT2D eigenvalue weighted by atomic mass is 10.1. The van der Waals surface area contributed by atoms with E-state index in [1.807, 2.05) is 6.92 Å². The van der Waals surface area contributed by atoms with Crippen molar-refractivity contribution < 1.29 is 9.59 Å². The first kappa shape index (κ1) is 9.65. The smallest absolute Gasteiger partial charge is 0.266 e. The Kier molecular flexibility index (Phi) is 2.96. The van der Waals surface area contributed by atoms with E-state index in [0.717, 1.165) is 5.56 Å². The summed E-state index contributed by atoms with van der Waals surface area (Å²) in [7, 11) is 0. The van der Waals surface area contributed by atoms with Crippen LogP contribution in [-0.4, -0.2) is 12.0 Å². The Bertz CT molecular complexity index is 395. The zero-order valence-corrected chi connectivity index (χ0v) is 7.63. The van der Waals surface area contributed by atoms with E-state index in [-0.39, 0.29) is 5.56 Å². The van der Waals surface area contributed by atoms with Gasteiger partial charge >= 0.3 is 0 Å². The predicted molar refractivity (Wildman–Crippen MR) is 48.6 cm³/mol. The molecule has 0 atom stereocenters. The van der Waals surface area contributed by atoms with Gasteiger partial charge in [-0.3, -0.25) is 4.79 Å². The maximum Gasteiger partial charge on any atom is 0.289 e. The number of carbonyl (C=O) groups excluding carboxylic acids is 2. The minimum atomic E-state index is -0.667. The van der Waals surface area contributed by atoms with Crippen molar-refractivity contribution in [3.8, 4) is 0 Å². The summed E-state index contributed by atoms with van der Waals surface area (Å²) in [6.45, 7) is 1.85. The molecule has 0 saturated heterocycles. The fourth-order valence-corrected chi connectivity index (χ4v) is 1.21. The molecule has 0 aromatic heterocycles. The first-order valence-corrected chi connectivity index (χ1v) is 3.91. The van der Waals surface area contributed by atoms with Gasteiger partial charge in [0.2, 0.25) is 6.08 Å². The number of isocyanates is 1. The fraction of sp³-hybridized carbons (Fsp3) is 0.111. The van der Waals surface area contributed by atoms with Gasteiger partial charge in [-0.15, -0.1) is 4.99 Å². The van der Waals surface area contributed by atoms with Crippen molar-refractivity contribution >= 4 is 23.6 Å². The van der Waals surface area contributed by atoms with Crippen LogP contribution in [0, 0.1) is 6.92 Å². The Labute approximate surface area is 80.0 Å². The van der Waals surface area contributed by atoms with Gasteiger partial charge in [-0.25, -0.2) is 4.79 Å². The molecule has 0 radical (unpaired) electrons. The van der Waals surface area contributed by atoms with E-state index in [2.05, 4.69) is 4.99 Å². The van der Waals surface area contributed by atoms with Gasteiger partial charge in [0.05, 0.1) is 10.6 Å². The first-order chi connectivity index (χ1) is 6.15. The van der Waals surface area contributed by atoms with Gasteiger partial charge in [0, 0.05) is 0 Å². The lowest BCUT2D eigenvalue weighted by Crippen LogP contribution is -1.95. The zero-order valence-electron chi connectivity index (χ0n) is 6.87. The van der Waals surface area contributed by atoms with Crippen LogP contribution in [0.3, 0.4) is 0 Å². The summed E-state index contributed by atoms with van der Waals surface area (Å²) >= 11 is 5.75. The maximum absolute atomic E-state index is 11.1. The largest absolute Gasteiger partial charge is 0.289 e. The Balaban J connectivity index is 3.16. The van der Waals surface area contributed by atoms with E-state index < -0.39 is 5.91 Å². The van der Waals surface area contributed by atoms with E-state index in [9.17, 15) is 9.59 Å². The molecule has 0 fully saturated rings. The molecule has 0 heterocycles. The van der Waals surface area contributed by atoms with Crippen LogP contribution in [0.4, 0.5) is 0 Å². The van der Waals surface area contributed by atoms with Crippen molar-refractivity contribution in [3.63, 3.8) is 0 Å². The zero-order chi connectivity index (χ0) is 9.84. The summed E-state index contributed by atoms with van der Waals surface area (Å²) in [6, 6.07) is 4.88. The van der Waals surface area contributed by atoms with E-state index >= 15 is 0 Å². The quantitative estimate of drug-likeness (QED) is 0.509. The third kappa shape index (κ3) is 2.25. The molecule has 0 unspecified atom stereocenters. The molecule has 0 N–H and O–H groups in total. The van der Waals surface area contributed by atoms with Crippen LogP contribution in [0.15, 0.2) is 23.2 Å². The van der Waals surface area contributed by atoms with Crippen LogP contribution in [0.25, 0.3) is 0 Å². The molecular weight excluding hydrogens is 190 g/mol. The second-order valence-electron chi connectivity index (χ2n) is 2.49. The molecule has 0 aliphatic rings. The number of aliphatic imine (C=N–C) groups is 1. The van der Waals surface area contributed by atoms with Crippen LogP contribution in [0.2, 0.25) is 5.02 Å². The molecule has 4 heteroatoms. The Morgan fingerprint density at radius 3 is 2.77 bits per heavy atom. The number of nitrogens with zero attached hydrogens (tertiary/aromatic N) is 1. The third-order valence-corrected chi connectivity index (χ3v) is 1.81. The number of hydrogen-bond donors (Lipinski definition) is 0. The standard InChI is InChI=1S/C9H6ClNO2/c1-6-2-3-7(8(10)4-6)9(13)11-5-12/h2-4H,1H3. The monoisotopic (exact) mass is 195 g/mol. The van der Waals surface area contributed by atoms with Gasteiger partial charge in [-0.05, 0) is 24.6 Å². The lowest BCUT2D eigenvalue weighted by Gasteiger charge is -1.98. The highest BCUT2D eigenvalue weighted by atomic mass is 35.5. The molecule has 0 saturated carbocycles. The van der Waals surface area contributed by atoms with Gasteiger partial charge in [-0.1, -0.05) is 17.7 Å². The number of amides is 1. The summed E-state index contributed by atoms with van der Waals surface area (Å²) in [6.07, 6.45) is 1.17. The Morgan fingerprint density at radius 2 is 2.23 bits per heavy atom. The molecule has 1 aromatic rings. The lowest BCUT2D eigenvalue weighted by molar-refractivity contribution is 0.100. The van der Waals surface area contributed by atoms with Crippen LogP contribution in [0.5, 0.6) is 0 Å². The van der Waals surface area contributed by atoms with Gasteiger partial charge in [0.25, 0.3) is 5.91 Å². The van der Waals surface area contributed by atoms with Crippen molar-refractivity contribution in [1.82, 2.24) is 0 Å². The number of hydrogen-bond acceptors (Lipinski definition) is 2. The molecule has 0 aliphatic heterocycles. The first-order valence-electron chi connectivity index (χ1n) is 3.53. The minimum absolute atomic E-state index is 0.218. The van der Waals surface area contributed by atoms with Crippen molar-refractivity contribution in [2.24, 2.45) is 4.99 Å². The molecule has 0 spiro atoms. The van der Waals surface area contributed by atoms with Gasteiger partial charge in [0.15, 0.2) is 0 Å². The average Bonchev–Trinajstić information content (AvgIpc) is 2.04. The minimum Gasteiger partial charge on any atom is -0.266 e. The summed E-state index contributed by atoms with van der Waals surface area (Å²) in [5, 5.41) is 0.295. The van der Waals surface area contributed by atoms with E-state index in [1.165, 1.54) is 12.1 Å².